The molecule has 29 heavy (non-hydrogen) atoms. The number of furan rings is 1. The fraction of sp³-hybridized carbons (Fsp3) is 0.273. The van der Waals surface area contributed by atoms with Crippen LogP contribution >= 0.6 is 0 Å². The van der Waals surface area contributed by atoms with Gasteiger partial charge in [0.2, 0.25) is 5.76 Å². The molecular weight excluding hydrogens is 377 g/mol. The van der Waals surface area contributed by atoms with Crippen molar-refractivity contribution in [2.75, 3.05) is 7.11 Å². The smallest absolute Gasteiger partial charge is 0.375 e. The van der Waals surface area contributed by atoms with Gasteiger partial charge in [-0.25, -0.2) is 9.18 Å². The largest absolute Gasteiger partial charge is 0.449 e. The number of amides is 1. The van der Waals surface area contributed by atoms with Crippen molar-refractivity contribution in [2.45, 2.75) is 32.6 Å². The molecule has 2 atom stereocenters. The summed E-state index contributed by atoms with van der Waals surface area (Å²) in [5.41, 5.74) is 1.84. The summed E-state index contributed by atoms with van der Waals surface area (Å²) < 4.78 is 29.2. The molecule has 0 unspecified atom stereocenters. The molecule has 0 spiro atoms. The average Bonchev–Trinajstić information content (AvgIpc) is 3.07. The first kappa shape index (κ1) is 20.5. The first-order valence-corrected chi connectivity index (χ1v) is 9.17. The Morgan fingerprint density at radius 2 is 1.79 bits per heavy atom. The molecule has 1 heterocycles. The zero-order valence-electron chi connectivity index (χ0n) is 16.4. The molecule has 7 heteroatoms. The molecule has 0 saturated heterocycles. The molecule has 0 aliphatic rings. The van der Waals surface area contributed by atoms with Gasteiger partial charge in [0, 0.05) is 18.1 Å². The van der Waals surface area contributed by atoms with Crippen LogP contribution in [0.15, 0.2) is 52.9 Å². The predicted molar refractivity (Wildman–Crippen MR) is 105 cm³/mol. The molecule has 0 aliphatic heterocycles. The summed E-state index contributed by atoms with van der Waals surface area (Å²) in [4.78, 5) is 25.1. The minimum Gasteiger partial charge on any atom is -0.449 e. The molecule has 3 rings (SSSR count). The average molecular weight is 399 g/mol. The number of methoxy groups -OCH3 is 1. The van der Waals surface area contributed by atoms with Gasteiger partial charge in [-0.15, -0.1) is 0 Å². The van der Waals surface area contributed by atoms with E-state index in [1.165, 1.54) is 26.2 Å². The van der Waals surface area contributed by atoms with Gasteiger partial charge in [0.05, 0.1) is 12.6 Å². The Morgan fingerprint density at radius 3 is 2.48 bits per heavy atom. The van der Waals surface area contributed by atoms with E-state index >= 15 is 0 Å². The summed E-state index contributed by atoms with van der Waals surface area (Å²) in [6, 6.07) is 12.6. The lowest BCUT2D eigenvalue weighted by Gasteiger charge is -2.18. The van der Waals surface area contributed by atoms with E-state index in [0.717, 1.165) is 10.9 Å². The highest BCUT2D eigenvalue weighted by molar-refractivity contribution is 5.97. The Balaban J connectivity index is 1.70. The maximum atomic E-state index is 13.0. The van der Waals surface area contributed by atoms with Gasteiger partial charge >= 0.3 is 5.97 Å². The summed E-state index contributed by atoms with van der Waals surface area (Å²) in [5, 5.41) is 3.50. The third-order valence-corrected chi connectivity index (χ3v) is 4.55. The third kappa shape index (κ3) is 4.63. The molecule has 1 aromatic heterocycles. The Kier molecular flexibility index (Phi) is 6.29. The Bertz CT molecular complexity index is 1010. The predicted octanol–water partition coefficient (Wildman–Crippen LogP) is 4.14. The molecule has 0 fully saturated rings. The number of fused-ring (bicyclic) bond motifs is 1. The number of ether oxygens (including phenoxy) is 2. The number of para-hydroxylation sites is 1. The Labute approximate surface area is 167 Å². The molecule has 1 amide bonds. The molecule has 6 nitrogen and oxygen atoms in total. The molecule has 0 radical (unpaired) electrons. The van der Waals surface area contributed by atoms with Crippen LogP contribution in [0.4, 0.5) is 4.39 Å². The summed E-state index contributed by atoms with van der Waals surface area (Å²) in [6.45, 7) is 3.41. The number of nitrogens with one attached hydrogen (secondary N) is 1. The molecule has 0 bridgehead atoms. The van der Waals surface area contributed by atoms with Crippen LogP contribution in [0.3, 0.4) is 0 Å². The van der Waals surface area contributed by atoms with Gasteiger partial charge in [-0.05, 0) is 37.6 Å². The number of halogens is 1. The first-order valence-electron chi connectivity index (χ1n) is 9.17. The van der Waals surface area contributed by atoms with E-state index in [9.17, 15) is 14.0 Å². The SMILES string of the molecule is COCc1c(C(=O)O[C@H](C)C(=O)N[C@@H](C)c2ccc(F)cc2)oc2ccccc12. The van der Waals surface area contributed by atoms with Crippen molar-refractivity contribution >= 4 is 22.8 Å². The van der Waals surface area contributed by atoms with E-state index in [1.807, 2.05) is 12.1 Å². The van der Waals surface area contributed by atoms with Crippen molar-refractivity contribution in [1.82, 2.24) is 5.32 Å². The molecule has 2 aromatic carbocycles. The van der Waals surface area contributed by atoms with Crippen molar-refractivity contribution in [1.29, 1.82) is 0 Å². The van der Waals surface area contributed by atoms with Crippen molar-refractivity contribution in [3.05, 3.63) is 71.2 Å². The maximum absolute atomic E-state index is 13.0. The monoisotopic (exact) mass is 399 g/mol. The lowest BCUT2D eigenvalue weighted by Crippen LogP contribution is -2.37. The van der Waals surface area contributed by atoms with Gasteiger partial charge in [-0.2, -0.15) is 0 Å². The second kappa shape index (κ2) is 8.87. The fourth-order valence-corrected chi connectivity index (χ4v) is 2.98. The highest BCUT2D eigenvalue weighted by Crippen LogP contribution is 2.27. The second-order valence-corrected chi connectivity index (χ2v) is 6.67. The highest BCUT2D eigenvalue weighted by Gasteiger charge is 2.26. The molecule has 152 valence electrons. The van der Waals surface area contributed by atoms with Crippen LogP contribution in [0.25, 0.3) is 11.0 Å². The standard InChI is InChI=1S/C22H22FNO5/c1-13(15-8-10-16(23)11-9-15)24-21(25)14(2)28-22(26)20-18(12-27-3)17-6-4-5-7-19(17)29-20/h4-11,13-14H,12H2,1-3H3,(H,24,25)/t13-,14+/m0/s1. The van der Waals surface area contributed by atoms with Gasteiger partial charge in [0.15, 0.2) is 6.10 Å². The third-order valence-electron chi connectivity index (χ3n) is 4.55. The van der Waals surface area contributed by atoms with E-state index < -0.39 is 18.0 Å². The number of carbonyl (C=O) groups is 2. The van der Waals surface area contributed by atoms with Crippen LogP contribution < -0.4 is 5.32 Å². The number of carbonyl (C=O) groups excluding carboxylic acids is 2. The summed E-state index contributed by atoms with van der Waals surface area (Å²) in [5.74, 6) is -1.56. The zero-order valence-corrected chi connectivity index (χ0v) is 16.4. The van der Waals surface area contributed by atoms with Gasteiger partial charge < -0.3 is 19.2 Å². The van der Waals surface area contributed by atoms with Crippen molar-refractivity contribution < 1.29 is 27.9 Å². The number of benzene rings is 2. The lowest BCUT2D eigenvalue weighted by molar-refractivity contribution is -0.129. The van der Waals surface area contributed by atoms with Crippen LogP contribution in [0.2, 0.25) is 0 Å². The van der Waals surface area contributed by atoms with Crippen LogP contribution in [0, 0.1) is 5.82 Å². The van der Waals surface area contributed by atoms with Crippen LogP contribution in [-0.2, 0) is 20.9 Å². The van der Waals surface area contributed by atoms with Gasteiger partial charge in [0.25, 0.3) is 5.91 Å². The normalized spacial score (nSPS) is 13.1. The van der Waals surface area contributed by atoms with E-state index in [-0.39, 0.29) is 24.2 Å². The number of rotatable bonds is 7. The quantitative estimate of drug-likeness (QED) is 0.604. The minimum absolute atomic E-state index is 0.0132. The fourth-order valence-electron chi connectivity index (χ4n) is 2.98. The molecule has 0 aliphatic carbocycles. The van der Waals surface area contributed by atoms with E-state index in [2.05, 4.69) is 5.32 Å². The second-order valence-electron chi connectivity index (χ2n) is 6.67. The van der Waals surface area contributed by atoms with Crippen molar-refractivity contribution in [3.63, 3.8) is 0 Å². The molecule has 0 saturated carbocycles. The van der Waals surface area contributed by atoms with Crippen LogP contribution in [-0.4, -0.2) is 25.1 Å². The number of hydrogen-bond acceptors (Lipinski definition) is 5. The zero-order chi connectivity index (χ0) is 21.0. The van der Waals surface area contributed by atoms with Crippen molar-refractivity contribution in [3.8, 4) is 0 Å². The van der Waals surface area contributed by atoms with Gasteiger partial charge in [0.1, 0.15) is 11.4 Å². The Morgan fingerprint density at radius 1 is 1.10 bits per heavy atom. The van der Waals surface area contributed by atoms with E-state index in [1.54, 1.807) is 31.2 Å². The van der Waals surface area contributed by atoms with Gasteiger partial charge in [-0.3, -0.25) is 4.79 Å². The van der Waals surface area contributed by atoms with Gasteiger partial charge in [-0.1, -0.05) is 30.3 Å². The summed E-state index contributed by atoms with van der Waals surface area (Å²) >= 11 is 0. The molecule has 1 N–H and O–H groups in total. The molecule has 3 aromatic rings. The number of esters is 1. The summed E-state index contributed by atoms with van der Waals surface area (Å²) in [7, 11) is 1.52. The number of hydrogen-bond donors (Lipinski definition) is 1. The Hall–Kier alpha value is -3.19. The summed E-state index contributed by atoms with van der Waals surface area (Å²) in [6.07, 6.45) is -1.05. The van der Waals surface area contributed by atoms with Crippen LogP contribution in [0.1, 0.15) is 41.6 Å². The topological polar surface area (TPSA) is 77.8 Å². The lowest BCUT2D eigenvalue weighted by atomic mass is 10.1. The minimum atomic E-state index is -1.05. The molecular formula is C22H22FNO5. The highest BCUT2D eigenvalue weighted by atomic mass is 19.1. The first-order chi connectivity index (χ1) is 13.9. The van der Waals surface area contributed by atoms with Crippen LogP contribution in [0.5, 0.6) is 0 Å². The van der Waals surface area contributed by atoms with E-state index in [0.29, 0.717) is 11.1 Å². The van der Waals surface area contributed by atoms with E-state index in [4.69, 9.17) is 13.9 Å². The van der Waals surface area contributed by atoms with Crippen molar-refractivity contribution in [2.24, 2.45) is 0 Å². The maximum Gasteiger partial charge on any atom is 0.375 e.